The summed E-state index contributed by atoms with van der Waals surface area (Å²) in [5.74, 6) is 0.240. The maximum Gasteiger partial charge on any atom is 0.421 e. The van der Waals surface area contributed by atoms with Crippen LogP contribution in [0.4, 0.5) is 24.7 Å². The first-order chi connectivity index (χ1) is 24.0. The Morgan fingerprint density at radius 2 is 1.84 bits per heavy atom. The number of piperidine rings is 1. The van der Waals surface area contributed by atoms with Crippen LogP contribution in [-0.2, 0) is 25.2 Å². The van der Waals surface area contributed by atoms with Gasteiger partial charge >= 0.3 is 12.1 Å². The van der Waals surface area contributed by atoms with Crippen LogP contribution in [0.2, 0.25) is 0 Å². The number of alkyl halides is 3. The zero-order valence-corrected chi connectivity index (χ0v) is 28.5. The summed E-state index contributed by atoms with van der Waals surface area (Å²) in [5, 5.41) is 0. The van der Waals surface area contributed by atoms with Gasteiger partial charge in [0.2, 0.25) is 5.88 Å². The second kappa shape index (κ2) is 14.7. The molecule has 268 valence electrons. The Hall–Kier alpha value is -4.57. The van der Waals surface area contributed by atoms with Crippen molar-refractivity contribution in [1.29, 1.82) is 0 Å². The van der Waals surface area contributed by atoms with Crippen LogP contribution in [0.3, 0.4) is 0 Å². The number of aromatic nitrogens is 6. The maximum absolute atomic E-state index is 14.0. The summed E-state index contributed by atoms with van der Waals surface area (Å²) in [4.78, 5) is 41.7. The van der Waals surface area contributed by atoms with E-state index in [-0.39, 0.29) is 36.0 Å². The Labute approximate surface area is 287 Å². The van der Waals surface area contributed by atoms with Crippen LogP contribution in [0.25, 0.3) is 33.9 Å². The first-order valence-electron chi connectivity index (χ1n) is 16.6. The number of carbonyl (C=O) groups is 1. The van der Waals surface area contributed by atoms with E-state index in [0.29, 0.717) is 54.7 Å². The molecule has 13 nitrogen and oxygen atoms in total. The van der Waals surface area contributed by atoms with Gasteiger partial charge in [0.15, 0.2) is 11.5 Å². The molecule has 1 aliphatic carbocycles. The van der Waals surface area contributed by atoms with Crippen LogP contribution in [0.5, 0.6) is 5.88 Å². The first kappa shape index (κ1) is 35.3. The smallest absolute Gasteiger partial charge is 0.421 e. The maximum atomic E-state index is 14.0. The van der Waals surface area contributed by atoms with Crippen molar-refractivity contribution in [3.63, 3.8) is 0 Å². The number of esters is 1. The van der Waals surface area contributed by atoms with E-state index in [9.17, 15) is 18.0 Å². The number of carbonyl (C=O) groups excluding carboxylic acids is 1. The molecule has 0 aromatic carbocycles. The van der Waals surface area contributed by atoms with E-state index in [1.165, 1.54) is 13.3 Å². The number of halogens is 3. The highest BCUT2D eigenvalue weighted by atomic mass is 19.4. The third-order valence-electron chi connectivity index (χ3n) is 9.33. The summed E-state index contributed by atoms with van der Waals surface area (Å²) in [6.07, 6.45) is 4.53. The van der Waals surface area contributed by atoms with Gasteiger partial charge in [-0.2, -0.15) is 13.2 Å². The zero-order chi connectivity index (χ0) is 35.5. The molecule has 6 rings (SSSR count). The Morgan fingerprint density at radius 3 is 2.46 bits per heavy atom. The van der Waals surface area contributed by atoms with E-state index in [0.717, 1.165) is 43.9 Å². The average Bonchev–Trinajstić information content (AvgIpc) is 3.54. The molecular weight excluding hydrogens is 657 g/mol. The van der Waals surface area contributed by atoms with Gasteiger partial charge in [-0.1, -0.05) is 6.42 Å². The molecule has 1 saturated carbocycles. The molecule has 0 spiro atoms. The lowest BCUT2D eigenvalue weighted by molar-refractivity contribution is -0.148. The van der Waals surface area contributed by atoms with Crippen molar-refractivity contribution in [2.75, 3.05) is 70.5 Å². The minimum Gasteiger partial charge on any atom is -0.478 e. The number of rotatable bonds is 13. The van der Waals surface area contributed by atoms with Crippen LogP contribution in [-0.4, -0.2) is 103 Å². The second-order valence-electron chi connectivity index (χ2n) is 12.8. The molecule has 0 atom stereocenters. The number of nitrogens with zero attached hydrogens (tertiary/aromatic N) is 7. The van der Waals surface area contributed by atoms with Crippen LogP contribution in [0.1, 0.15) is 44.6 Å². The molecule has 16 heteroatoms. The topological polar surface area (TPSA) is 141 Å². The fourth-order valence-corrected chi connectivity index (χ4v) is 6.61. The summed E-state index contributed by atoms with van der Waals surface area (Å²) in [6, 6.07) is 2.77. The molecule has 5 heterocycles. The van der Waals surface area contributed by atoms with Gasteiger partial charge in [-0.15, -0.1) is 0 Å². The highest BCUT2D eigenvalue weighted by Gasteiger charge is 2.39. The molecule has 0 unspecified atom stereocenters. The standard InChI is InChI=1S/C34H41F3N8O5/c1-5-49-32-23(34(35,36)37)13-21(15-40-32)24-14-26(44(2)19-33(20-47-3)9-6-10-33)29-31(41-24)43-30(42-29)25-16-39-27(17-38-25)45-11-7-22(8-12-45)50-18-28(46)48-4/h13-17,22H,5-12,18-20H2,1-4H3,(H,41,42,43). The molecule has 2 fully saturated rings. The first-order valence-corrected chi connectivity index (χ1v) is 16.6. The lowest BCUT2D eigenvalue weighted by Gasteiger charge is -2.44. The number of anilines is 2. The van der Waals surface area contributed by atoms with E-state index in [2.05, 4.69) is 34.5 Å². The Bertz CT molecular complexity index is 1790. The molecule has 4 aromatic heterocycles. The van der Waals surface area contributed by atoms with Crippen LogP contribution in [0, 0.1) is 5.41 Å². The molecule has 1 saturated heterocycles. The molecule has 1 aliphatic heterocycles. The van der Waals surface area contributed by atoms with Crippen molar-refractivity contribution in [1.82, 2.24) is 29.9 Å². The Balaban J connectivity index is 1.30. The number of hydrogen-bond acceptors (Lipinski definition) is 12. The fourth-order valence-electron chi connectivity index (χ4n) is 6.61. The van der Waals surface area contributed by atoms with Crippen molar-refractivity contribution in [3.05, 3.63) is 36.3 Å². The van der Waals surface area contributed by atoms with E-state index < -0.39 is 23.6 Å². The monoisotopic (exact) mass is 698 g/mol. The number of methoxy groups -OCH3 is 2. The zero-order valence-electron chi connectivity index (χ0n) is 28.5. The van der Waals surface area contributed by atoms with E-state index >= 15 is 0 Å². The van der Waals surface area contributed by atoms with Gasteiger partial charge in [0.05, 0.1) is 50.2 Å². The van der Waals surface area contributed by atoms with Gasteiger partial charge in [-0.25, -0.2) is 29.7 Å². The lowest BCUT2D eigenvalue weighted by atomic mass is 9.69. The minimum atomic E-state index is -4.67. The van der Waals surface area contributed by atoms with Gasteiger partial charge in [-0.05, 0) is 44.7 Å². The predicted molar refractivity (Wildman–Crippen MR) is 179 cm³/mol. The largest absolute Gasteiger partial charge is 0.478 e. The summed E-state index contributed by atoms with van der Waals surface area (Å²) >= 11 is 0. The van der Waals surface area contributed by atoms with Crippen molar-refractivity contribution < 1.29 is 36.9 Å². The number of H-pyrrole nitrogens is 1. The number of hydrogen-bond donors (Lipinski definition) is 1. The summed E-state index contributed by atoms with van der Waals surface area (Å²) < 4.78 is 63.2. The number of imidazole rings is 1. The number of ether oxygens (including phenoxy) is 4. The van der Waals surface area contributed by atoms with Crippen molar-refractivity contribution >= 4 is 28.6 Å². The number of nitrogens with one attached hydrogen (secondary N) is 1. The van der Waals surface area contributed by atoms with Crippen LogP contribution >= 0.6 is 0 Å². The molecule has 2 aliphatic rings. The summed E-state index contributed by atoms with van der Waals surface area (Å²) in [6.45, 7) is 4.23. The van der Waals surface area contributed by atoms with Crippen LogP contribution in [0.15, 0.2) is 30.7 Å². The highest BCUT2D eigenvalue weighted by Crippen LogP contribution is 2.44. The molecule has 0 amide bonds. The van der Waals surface area contributed by atoms with Crippen molar-refractivity contribution in [2.45, 2.75) is 51.3 Å². The Kier molecular flexibility index (Phi) is 10.4. The van der Waals surface area contributed by atoms with Gasteiger partial charge in [0, 0.05) is 51.0 Å². The molecule has 4 aromatic rings. The number of fused-ring (bicyclic) bond motifs is 1. The second-order valence-corrected chi connectivity index (χ2v) is 12.8. The van der Waals surface area contributed by atoms with Crippen LogP contribution < -0.4 is 14.5 Å². The average molecular weight is 699 g/mol. The molecule has 0 radical (unpaired) electrons. The highest BCUT2D eigenvalue weighted by molar-refractivity contribution is 5.91. The van der Waals surface area contributed by atoms with E-state index in [1.807, 2.05) is 7.05 Å². The Morgan fingerprint density at radius 1 is 1.06 bits per heavy atom. The molecule has 1 N–H and O–H groups in total. The lowest BCUT2D eigenvalue weighted by Crippen LogP contribution is -2.44. The van der Waals surface area contributed by atoms with Gasteiger partial charge in [0.25, 0.3) is 0 Å². The quantitative estimate of drug-likeness (QED) is 0.181. The van der Waals surface area contributed by atoms with Crippen molar-refractivity contribution in [2.24, 2.45) is 5.41 Å². The number of aromatic amines is 1. The van der Waals surface area contributed by atoms with Gasteiger partial charge in [-0.3, -0.25) is 0 Å². The summed E-state index contributed by atoms with van der Waals surface area (Å²) in [7, 11) is 4.97. The third-order valence-corrected chi connectivity index (χ3v) is 9.33. The van der Waals surface area contributed by atoms with Gasteiger partial charge < -0.3 is 33.7 Å². The van der Waals surface area contributed by atoms with E-state index in [1.54, 1.807) is 32.5 Å². The summed E-state index contributed by atoms with van der Waals surface area (Å²) in [5.41, 5.74) is 1.59. The molecule has 50 heavy (non-hydrogen) atoms. The van der Waals surface area contributed by atoms with Crippen molar-refractivity contribution in [3.8, 4) is 28.7 Å². The number of pyridine rings is 2. The third kappa shape index (κ3) is 7.60. The minimum absolute atomic E-state index is 0.0322. The molecular formula is C34H41F3N8O5. The predicted octanol–water partition coefficient (Wildman–Crippen LogP) is 5.31. The fraction of sp³-hybridized carbons (Fsp3) is 0.529. The normalized spacial score (nSPS) is 16.3. The van der Waals surface area contributed by atoms with E-state index in [4.69, 9.17) is 24.2 Å². The SMILES string of the molecule is CCOc1ncc(-c2cc(N(C)CC3(COC)CCC3)c3[nH]c(-c4cnc(N5CCC(OCC(=O)OC)CC5)cn4)nc3n2)cc1C(F)(F)F. The molecule has 0 bridgehead atoms. The van der Waals surface area contributed by atoms with Gasteiger partial charge in [0.1, 0.15) is 29.2 Å².